The molecule has 1 saturated heterocycles. The highest BCUT2D eigenvalue weighted by molar-refractivity contribution is 5.94. The van der Waals surface area contributed by atoms with Gasteiger partial charge in [0.25, 0.3) is 5.91 Å². The smallest absolute Gasteiger partial charge is 0.254 e. The summed E-state index contributed by atoms with van der Waals surface area (Å²) in [6.45, 7) is 6.57. The molecule has 1 atom stereocenters. The summed E-state index contributed by atoms with van der Waals surface area (Å²) >= 11 is 0. The van der Waals surface area contributed by atoms with Crippen LogP contribution in [-0.4, -0.2) is 67.0 Å². The number of carbonyl (C=O) groups excluding carboxylic acids is 2. The number of nitrogens with one attached hydrogen (secondary N) is 2. The fourth-order valence-corrected chi connectivity index (χ4v) is 3.70. The van der Waals surface area contributed by atoms with E-state index in [0.29, 0.717) is 12.5 Å². The van der Waals surface area contributed by atoms with Gasteiger partial charge in [0, 0.05) is 64.0 Å². The summed E-state index contributed by atoms with van der Waals surface area (Å²) in [5.41, 5.74) is -0.215. The number of hydrogen-bond donors (Lipinski definition) is 2. The first-order valence-electron chi connectivity index (χ1n) is 10.8. The standard InChI is InChI=1S/C23H29F2N5O2/c1-17(16-29-11-13-30(14-12-29)21-5-2-3-9-26-21)28-22(31)6-4-10-27-23(32)19-8-7-18(24)15-20(19)25/h2-3,5,7-9,15,17H,4,6,10-14,16H2,1H3,(H,27,32)(H,28,31). The molecule has 2 aromatic rings. The Bertz CT molecular complexity index is 905. The summed E-state index contributed by atoms with van der Waals surface area (Å²) in [5.74, 6) is -1.37. The predicted octanol–water partition coefficient (Wildman–Crippen LogP) is 2.20. The molecule has 7 nitrogen and oxygen atoms in total. The van der Waals surface area contributed by atoms with Gasteiger partial charge >= 0.3 is 0 Å². The number of anilines is 1. The van der Waals surface area contributed by atoms with Crippen molar-refractivity contribution < 1.29 is 18.4 Å². The van der Waals surface area contributed by atoms with E-state index in [0.717, 1.165) is 50.7 Å². The third-order valence-corrected chi connectivity index (χ3v) is 5.33. The highest BCUT2D eigenvalue weighted by Crippen LogP contribution is 2.13. The van der Waals surface area contributed by atoms with Crippen molar-refractivity contribution in [1.82, 2.24) is 20.5 Å². The third kappa shape index (κ3) is 6.98. The summed E-state index contributed by atoms with van der Waals surface area (Å²) in [6, 6.07) is 8.71. The van der Waals surface area contributed by atoms with Crippen molar-refractivity contribution in [3.8, 4) is 0 Å². The second-order valence-electron chi connectivity index (χ2n) is 7.93. The summed E-state index contributed by atoms with van der Waals surface area (Å²) in [4.78, 5) is 33.1. The fraction of sp³-hybridized carbons (Fsp3) is 0.435. The van der Waals surface area contributed by atoms with Crippen molar-refractivity contribution in [2.24, 2.45) is 0 Å². The minimum atomic E-state index is -0.907. The van der Waals surface area contributed by atoms with Crippen LogP contribution in [0.4, 0.5) is 14.6 Å². The normalized spacial score (nSPS) is 15.3. The van der Waals surface area contributed by atoms with Gasteiger partial charge in [0.05, 0.1) is 5.56 Å². The molecule has 172 valence electrons. The second-order valence-corrected chi connectivity index (χ2v) is 7.93. The first kappa shape index (κ1) is 23.6. The zero-order chi connectivity index (χ0) is 22.9. The molecule has 2 N–H and O–H groups in total. The van der Waals surface area contributed by atoms with Gasteiger partial charge in [-0.2, -0.15) is 0 Å². The molecule has 9 heteroatoms. The van der Waals surface area contributed by atoms with Gasteiger partial charge < -0.3 is 15.5 Å². The molecule has 32 heavy (non-hydrogen) atoms. The average Bonchev–Trinajstić information content (AvgIpc) is 2.77. The van der Waals surface area contributed by atoms with Gasteiger partial charge in [0.2, 0.25) is 5.91 Å². The molecule has 3 rings (SSSR count). The Kier molecular flexibility index (Phi) is 8.49. The van der Waals surface area contributed by atoms with Crippen LogP contribution in [0.25, 0.3) is 0 Å². The molecule has 2 amide bonds. The first-order chi connectivity index (χ1) is 15.4. The van der Waals surface area contributed by atoms with Crippen LogP contribution in [0.1, 0.15) is 30.1 Å². The Balaban J connectivity index is 1.30. The molecule has 2 heterocycles. The van der Waals surface area contributed by atoms with Crippen LogP contribution in [0.3, 0.4) is 0 Å². The van der Waals surface area contributed by atoms with Crippen LogP contribution in [0, 0.1) is 11.6 Å². The van der Waals surface area contributed by atoms with Gasteiger partial charge in [-0.15, -0.1) is 0 Å². The van der Waals surface area contributed by atoms with Crippen LogP contribution in [0.5, 0.6) is 0 Å². The number of halogens is 2. The molecule has 1 unspecified atom stereocenters. The Morgan fingerprint density at radius 2 is 1.91 bits per heavy atom. The lowest BCUT2D eigenvalue weighted by molar-refractivity contribution is -0.121. The molecule has 1 aliphatic heterocycles. The van der Waals surface area contributed by atoms with Gasteiger partial charge in [0.1, 0.15) is 17.5 Å². The number of carbonyl (C=O) groups is 2. The summed E-state index contributed by atoms with van der Waals surface area (Å²) in [5, 5.41) is 5.54. The van der Waals surface area contributed by atoms with E-state index in [4.69, 9.17) is 0 Å². The van der Waals surface area contributed by atoms with E-state index in [-0.39, 0.29) is 30.5 Å². The van der Waals surface area contributed by atoms with Gasteiger partial charge in [-0.05, 0) is 37.6 Å². The number of hydrogen-bond acceptors (Lipinski definition) is 5. The molecular formula is C23H29F2N5O2. The summed E-state index contributed by atoms with van der Waals surface area (Å²) in [6.07, 6.45) is 2.48. The van der Waals surface area contributed by atoms with Crippen LogP contribution >= 0.6 is 0 Å². The molecule has 0 saturated carbocycles. The fourth-order valence-electron chi connectivity index (χ4n) is 3.70. The lowest BCUT2D eigenvalue weighted by Crippen LogP contribution is -2.51. The molecule has 1 aromatic carbocycles. The molecule has 0 bridgehead atoms. The number of nitrogens with zero attached hydrogens (tertiary/aromatic N) is 3. The lowest BCUT2D eigenvalue weighted by atomic mass is 10.2. The van der Waals surface area contributed by atoms with Crippen LogP contribution in [0.2, 0.25) is 0 Å². The van der Waals surface area contributed by atoms with Crippen LogP contribution < -0.4 is 15.5 Å². The Morgan fingerprint density at radius 3 is 2.59 bits per heavy atom. The minimum Gasteiger partial charge on any atom is -0.354 e. The number of amides is 2. The third-order valence-electron chi connectivity index (χ3n) is 5.33. The predicted molar refractivity (Wildman–Crippen MR) is 118 cm³/mol. The molecular weight excluding hydrogens is 416 g/mol. The topological polar surface area (TPSA) is 77.6 Å². The van der Waals surface area contributed by atoms with Crippen LogP contribution in [-0.2, 0) is 4.79 Å². The van der Waals surface area contributed by atoms with Crippen molar-refractivity contribution in [2.75, 3.05) is 44.2 Å². The lowest BCUT2D eigenvalue weighted by Gasteiger charge is -2.36. The number of benzene rings is 1. The number of rotatable bonds is 9. The van der Waals surface area contributed by atoms with E-state index >= 15 is 0 Å². The SMILES string of the molecule is CC(CN1CCN(c2ccccn2)CC1)NC(=O)CCCNC(=O)c1ccc(F)cc1F. The Hall–Kier alpha value is -3.07. The number of pyridine rings is 1. The van der Waals surface area contributed by atoms with Gasteiger partial charge in [0.15, 0.2) is 0 Å². The summed E-state index contributed by atoms with van der Waals surface area (Å²) < 4.78 is 26.5. The maximum atomic E-state index is 13.6. The monoisotopic (exact) mass is 445 g/mol. The van der Waals surface area contributed by atoms with E-state index in [1.54, 1.807) is 6.20 Å². The van der Waals surface area contributed by atoms with Crippen molar-refractivity contribution in [1.29, 1.82) is 0 Å². The maximum Gasteiger partial charge on any atom is 0.254 e. The Morgan fingerprint density at radius 1 is 1.12 bits per heavy atom. The van der Waals surface area contributed by atoms with Gasteiger partial charge in [-0.1, -0.05) is 6.07 Å². The molecule has 1 aromatic heterocycles. The maximum absolute atomic E-state index is 13.6. The molecule has 0 aliphatic carbocycles. The van der Waals surface area contributed by atoms with Crippen LogP contribution in [0.15, 0.2) is 42.6 Å². The zero-order valence-corrected chi connectivity index (χ0v) is 18.2. The van der Waals surface area contributed by atoms with Crippen molar-refractivity contribution >= 4 is 17.6 Å². The van der Waals surface area contributed by atoms with E-state index in [9.17, 15) is 18.4 Å². The molecule has 1 aliphatic rings. The minimum absolute atomic E-state index is 0.00630. The highest BCUT2D eigenvalue weighted by Gasteiger charge is 2.20. The summed E-state index contributed by atoms with van der Waals surface area (Å²) in [7, 11) is 0. The highest BCUT2D eigenvalue weighted by atomic mass is 19.1. The van der Waals surface area contributed by atoms with Crippen molar-refractivity contribution in [3.05, 3.63) is 59.8 Å². The van der Waals surface area contributed by atoms with Gasteiger partial charge in [-0.3, -0.25) is 14.5 Å². The number of aromatic nitrogens is 1. The molecule has 1 fully saturated rings. The quantitative estimate of drug-likeness (QED) is 0.579. The van der Waals surface area contributed by atoms with E-state index in [1.807, 2.05) is 25.1 Å². The largest absolute Gasteiger partial charge is 0.354 e. The van der Waals surface area contributed by atoms with Crippen molar-refractivity contribution in [3.63, 3.8) is 0 Å². The van der Waals surface area contributed by atoms with E-state index in [1.165, 1.54) is 0 Å². The molecule has 0 radical (unpaired) electrons. The average molecular weight is 446 g/mol. The van der Waals surface area contributed by atoms with E-state index in [2.05, 4.69) is 25.4 Å². The molecule has 0 spiro atoms. The zero-order valence-electron chi connectivity index (χ0n) is 18.2. The van der Waals surface area contributed by atoms with Gasteiger partial charge in [-0.25, -0.2) is 13.8 Å². The van der Waals surface area contributed by atoms with Crippen molar-refractivity contribution in [2.45, 2.75) is 25.8 Å². The van der Waals surface area contributed by atoms with E-state index < -0.39 is 17.5 Å². The Labute approximate surface area is 186 Å². The number of piperazine rings is 1. The second kappa shape index (κ2) is 11.5. The first-order valence-corrected chi connectivity index (χ1v) is 10.8.